The summed E-state index contributed by atoms with van der Waals surface area (Å²) in [7, 11) is 0. The Bertz CT molecular complexity index is 1390. The van der Waals surface area contributed by atoms with Gasteiger partial charge in [0.25, 0.3) is 11.4 Å². The molecule has 0 spiro atoms. The fourth-order valence-corrected chi connectivity index (χ4v) is 8.15. The van der Waals surface area contributed by atoms with Gasteiger partial charge in [-0.05, 0) is 28.9 Å². The van der Waals surface area contributed by atoms with Gasteiger partial charge in [0.1, 0.15) is 6.10 Å². The lowest BCUT2D eigenvalue weighted by atomic mass is 9.43. The Hall–Kier alpha value is -4.07. The van der Waals surface area contributed by atoms with Gasteiger partial charge in [0.2, 0.25) is 0 Å². The Kier molecular flexibility index (Phi) is 4.49. The van der Waals surface area contributed by atoms with Crippen molar-refractivity contribution < 1.29 is 19.4 Å². The Morgan fingerprint density at radius 2 is 1.33 bits per heavy atom. The number of rotatable bonds is 6. The molecule has 182 valence electrons. The van der Waals surface area contributed by atoms with E-state index >= 15 is 0 Å². The zero-order chi connectivity index (χ0) is 25.5. The topological polar surface area (TPSA) is 113 Å². The second kappa shape index (κ2) is 7.22. The molecule has 0 bridgehead atoms. The first-order valence-corrected chi connectivity index (χ1v) is 11.9. The molecule has 0 heterocycles. The predicted molar refractivity (Wildman–Crippen MR) is 131 cm³/mol. The maximum Gasteiger partial charge on any atom is 0.338 e. The van der Waals surface area contributed by atoms with Gasteiger partial charge in [-0.1, -0.05) is 74.5 Å². The molecule has 3 aliphatic carbocycles. The van der Waals surface area contributed by atoms with Crippen LogP contribution in [-0.2, 0) is 15.6 Å². The number of hydrogen-bond acceptors (Lipinski definition) is 6. The summed E-state index contributed by atoms with van der Waals surface area (Å²) >= 11 is 0. The third-order valence-electron chi connectivity index (χ3n) is 9.18. The number of nitrogens with zero attached hydrogens (tertiary/aromatic N) is 2. The summed E-state index contributed by atoms with van der Waals surface area (Å²) in [6.07, 6.45) is 0.306. The quantitative estimate of drug-likeness (QED) is 0.256. The van der Waals surface area contributed by atoms with Crippen molar-refractivity contribution in [3.8, 4) is 0 Å². The third kappa shape index (κ3) is 2.46. The second-order valence-corrected chi connectivity index (χ2v) is 10.5. The first kappa shape index (κ1) is 22.4. The van der Waals surface area contributed by atoms with Crippen LogP contribution in [0.15, 0.2) is 78.9 Å². The lowest BCUT2D eigenvalue weighted by Gasteiger charge is -2.62. The molecule has 8 nitrogen and oxygen atoms in total. The van der Waals surface area contributed by atoms with Crippen LogP contribution in [0.25, 0.3) is 0 Å². The van der Waals surface area contributed by atoms with Crippen LogP contribution in [0.3, 0.4) is 0 Å². The van der Waals surface area contributed by atoms with Crippen molar-refractivity contribution in [2.24, 2.45) is 17.3 Å². The van der Waals surface area contributed by atoms with Gasteiger partial charge in [0.05, 0.1) is 21.5 Å². The molecule has 0 unspecified atom stereocenters. The highest BCUT2D eigenvalue weighted by Gasteiger charge is 2.99. The summed E-state index contributed by atoms with van der Waals surface area (Å²) in [6, 6.07) is 23.8. The average Bonchev–Trinajstić information content (AvgIpc) is 3.25. The zero-order valence-corrected chi connectivity index (χ0v) is 19.8. The molecule has 8 heteroatoms. The number of carbonyl (C=O) groups is 1. The number of non-ortho nitro benzene ring substituents is 2. The molecule has 3 aliphatic rings. The SMILES string of the molecule is CC1(C)[C@@]2(c3ccccc3)[C@H]3[C@@H](OC(=O)c4cc([N+](=O)[O-])cc([N+](=O)[O-])c4)C[C@@H]3[C@]12c1ccccc1. The van der Waals surface area contributed by atoms with Gasteiger partial charge in [0.15, 0.2) is 0 Å². The van der Waals surface area contributed by atoms with Gasteiger partial charge >= 0.3 is 5.97 Å². The number of benzene rings is 3. The van der Waals surface area contributed by atoms with E-state index < -0.39 is 27.2 Å². The molecule has 6 rings (SSSR count). The third-order valence-corrected chi connectivity index (χ3v) is 9.18. The molecule has 0 amide bonds. The Morgan fingerprint density at radius 3 is 1.83 bits per heavy atom. The molecule has 0 aromatic heterocycles. The van der Waals surface area contributed by atoms with Gasteiger partial charge in [-0.25, -0.2) is 4.79 Å². The van der Waals surface area contributed by atoms with Gasteiger partial charge in [-0.3, -0.25) is 20.2 Å². The lowest BCUT2D eigenvalue weighted by molar-refractivity contribution is -0.394. The predicted octanol–water partition coefficient (Wildman–Crippen LogP) is 5.59. The monoisotopic (exact) mass is 484 g/mol. The molecule has 0 N–H and O–H groups in total. The van der Waals surface area contributed by atoms with E-state index in [4.69, 9.17) is 4.74 Å². The number of ether oxygens (including phenoxy) is 1. The van der Waals surface area contributed by atoms with Gasteiger partial charge in [-0.15, -0.1) is 0 Å². The molecule has 3 aromatic rings. The summed E-state index contributed by atoms with van der Waals surface area (Å²) in [5.41, 5.74) is 0.926. The van der Waals surface area contributed by atoms with Crippen molar-refractivity contribution in [3.63, 3.8) is 0 Å². The number of hydrogen-bond donors (Lipinski definition) is 0. The van der Waals surface area contributed by atoms with Gasteiger partial charge in [0, 0.05) is 28.9 Å². The van der Waals surface area contributed by atoms with E-state index in [1.54, 1.807) is 0 Å². The standard InChI is InChI=1S/C28H24N2O6/c1-26(2)27(18-9-5-3-6-10-18)22-16-23(24(22)28(26,27)19-11-7-4-8-12-19)36-25(31)17-13-20(29(32)33)15-21(14-17)30(34)35/h3-15,22-24H,16H2,1-2H3/t22-,23-,24+,27+,28+/m0/s1. The highest BCUT2D eigenvalue weighted by atomic mass is 16.6. The second-order valence-electron chi connectivity index (χ2n) is 10.5. The minimum atomic E-state index is -0.774. The Labute approximate surface area is 207 Å². The van der Waals surface area contributed by atoms with Crippen molar-refractivity contribution in [3.05, 3.63) is 116 Å². The van der Waals surface area contributed by atoms with E-state index in [0.717, 1.165) is 18.2 Å². The van der Waals surface area contributed by atoms with E-state index in [9.17, 15) is 25.0 Å². The van der Waals surface area contributed by atoms with Crippen molar-refractivity contribution in [1.82, 2.24) is 0 Å². The van der Waals surface area contributed by atoms with Crippen LogP contribution in [0.4, 0.5) is 11.4 Å². The molecular weight excluding hydrogens is 460 g/mol. The normalized spacial score (nSPS) is 30.6. The van der Waals surface area contributed by atoms with E-state index in [1.807, 2.05) is 24.3 Å². The largest absolute Gasteiger partial charge is 0.458 e. The molecule has 0 saturated heterocycles. The summed E-state index contributed by atoms with van der Waals surface area (Å²) < 4.78 is 5.91. The number of nitro groups is 2. The molecule has 36 heavy (non-hydrogen) atoms. The fourth-order valence-electron chi connectivity index (χ4n) is 8.15. The van der Waals surface area contributed by atoms with Crippen LogP contribution < -0.4 is 0 Å². The number of carbonyl (C=O) groups excluding carboxylic acids is 1. The van der Waals surface area contributed by atoms with Crippen molar-refractivity contribution in [2.45, 2.75) is 37.2 Å². The molecule has 0 radical (unpaired) electrons. The maximum atomic E-state index is 13.1. The zero-order valence-electron chi connectivity index (χ0n) is 19.8. The number of fused-ring (bicyclic) bond motifs is 4. The Morgan fingerprint density at radius 1 is 0.833 bits per heavy atom. The highest BCUT2D eigenvalue weighted by Crippen LogP contribution is 2.96. The van der Waals surface area contributed by atoms with Crippen molar-refractivity contribution in [1.29, 1.82) is 0 Å². The van der Waals surface area contributed by atoms with Crippen LogP contribution in [0, 0.1) is 37.5 Å². The summed E-state index contributed by atoms with van der Waals surface area (Å²) in [5, 5.41) is 22.5. The summed E-state index contributed by atoms with van der Waals surface area (Å²) in [5.74, 6) is -0.357. The van der Waals surface area contributed by atoms with Crippen LogP contribution >= 0.6 is 0 Å². The van der Waals surface area contributed by atoms with Crippen LogP contribution in [-0.4, -0.2) is 21.9 Å². The van der Waals surface area contributed by atoms with Crippen molar-refractivity contribution in [2.75, 3.05) is 0 Å². The van der Waals surface area contributed by atoms with Crippen molar-refractivity contribution >= 4 is 17.3 Å². The van der Waals surface area contributed by atoms with Gasteiger partial charge in [-0.2, -0.15) is 0 Å². The van der Waals surface area contributed by atoms with Crippen LogP contribution in [0.5, 0.6) is 0 Å². The molecule has 0 aliphatic heterocycles. The number of nitro benzene ring substituents is 2. The van der Waals surface area contributed by atoms with Crippen LogP contribution in [0.1, 0.15) is 41.8 Å². The van der Waals surface area contributed by atoms with E-state index in [-0.39, 0.29) is 33.8 Å². The minimum Gasteiger partial charge on any atom is -0.458 e. The molecule has 5 atom stereocenters. The Balaban J connectivity index is 1.36. The van der Waals surface area contributed by atoms with E-state index in [2.05, 4.69) is 50.2 Å². The lowest BCUT2D eigenvalue weighted by Crippen LogP contribution is -2.65. The summed E-state index contributed by atoms with van der Waals surface area (Å²) in [4.78, 5) is 34.1. The van der Waals surface area contributed by atoms with Gasteiger partial charge < -0.3 is 4.74 Å². The highest BCUT2D eigenvalue weighted by molar-refractivity contribution is 5.91. The first-order valence-electron chi connectivity index (χ1n) is 11.9. The van der Waals surface area contributed by atoms with E-state index in [1.165, 1.54) is 11.1 Å². The van der Waals surface area contributed by atoms with Crippen LogP contribution in [0.2, 0.25) is 0 Å². The molecule has 3 fully saturated rings. The molecule has 3 saturated carbocycles. The molecule has 3 aromatic carbocycles. The fraction of sp³-hybridized carbons (Fsp3) is 0.321. The average molecular weight is 485 g/mol. The van der Waals surface area contributed by atoms with E-state index in [0.29, 0.717) is 12.3 Å². The summed E-state index contributed by atoms with van der Waals surface area (Å²) in [6.45, 7) is 4.57. The minimum absolute atomic E-state index is 0.0689. The maximum absolute atomic E-state index is 13.1. The first-order chi connectivity index (χ1) is 17.2. The smallest absolute Gasteiger partial charge is 0.338 e. The number of esters is 1. The molecular formula is C28H24N2O6.